The van der Waals surface area contributed by atoms with E-state index in [0.717, 1.165) is 8.66 Å². The topological polar surface area (TPSA) is 54.5 Å². The number of nitrogens with zero attached hydrogens (tertiary/aromatic N) is 1. The lowest BCUT2D eigenvalue weighted by atomic mass is 10.2. The number of rotatable bonds is 7. The molecule has 0 amide bonds. The van der Waals surface area contributed by atoms with E-state index in [1.807, 2.05) is 12.1 Å². The second-order valence-corrected chi connectivity index (χ2v) is 9.36. The molecule has 7 heteroatoms. The Hall–Kier alpha value is -1.28. The molecule has 0 atom stereocenters. The Kier molecular flexibility index (Phi) is 5.91. The Morgan fingerprint density at radius 3 is 2.65 bits per heavy atom. The molecule has 0 aliphatic carbocycles. The van der Waals surface area contributed by atoms with Crippen LogP contribution in [-0.2, 0) is 16.6 Å². The molecule has 4 nitrogen and oxygen atoms in total. The third-order valence-corrected chi connectivity index (χ3v) is 6.59. The number of hydrogen-bond acceptors (Lipinski definition) is 4. The molecule has 0 spiro atoms. The zero-order valence-electron chi connectivity index (χ0n) is 12.5. The Morgan fingerprint density at radius 2 is 2.09 bits per heavy atom. The monoisotopic (exact) mass is 413 g/mol. The van der Waals surface area contributed by atoms with Gasteiger partial charge in [0.2, 0.25) is 10.0 Å². The van der Waals surface area contributed by atoms with Gasteiger partial charge in [0.25, 0.3) is 0 Å². The van der Waals surface area contributed by atoms with E-state index in [4.69, 9.17) is 0 Å². The average Bonchev–Trinajstić information content (AvgIpc) is 2.92. The fraction of sp³-hybridized carbons (Fsp3) is 0.188. The van der Waals surface area contributed by atoms with Crippen molar-refractivity contribution in [2.45, 2.75) is 18.4 Å². The van der Waals surface area contributed by atoms with Crippen LogP contribution in [0.15, 0.2) is 57.7 Å². The first-order valence-electron chi connectivity index (χ1n) is 6.81. The van der Waals surface area contributed by atoms with Crippen molar-refractivity contribution in [3.63, 3.8) is 0 Å². The molecule has 1 heterocycles. The minimum absolute atomic E-state index is 0.114. The largest absolute Gasteiger partial charge is 0.295 e. The van der Waals surface area contributed by atoms with Crippen LogP contribution in [0, 0.1) is 0 Å². The van der Waals surface area contributed by atoms with Gasteiger partial charge in [-0.05, 0) is 47.1 Å². The zero-order valence-corrected chi connectivity index (χ0v) is 15.7. The summed E-state index contributed by atoms with van der Waals surface area (Å²) in [6.07, 6.45) is 1.55. The van der Waals surface area contributed by atoms with Gasteiger partial charge in [0.05, 0.1) is 8.68 Å². The molecule has 0 saturated carbocycles. The number of ketones is 1. The molecule has 1 aromatic carbocycles. The van der Waals surface area contributed by atoms with Crippen LogP contribution >= 0.6 is 27.3 Å². The highest BCUT2D eigenvalue weighted by atomic mass is 79.9. The third kappa shape index (κ3) is 4.38. The number of carbonyl (C=O) groups excluding carboxylic acids is 1. The molecule has 0 N–H and O–H groups in total. The number of carbonyl (C=O) groups is 1. The Balaban J connectivity index is 2.38. The van der Waals surface area contributed by atoms with Crippen molar-refractivity contribution in [2.24, 2.45) is 0 Å². The SMILES string of the molecule is C=CCN(Cc1ccc(Br)s1)S(=O)(=O)c1cccc(C(C)=O)c1. The van der Waals surface area contributed by atoms with Crippen molar-refractivity contribution < 1.29 is 13.2 Å². The zero-order chi connectivity index (χ0) is 17.0. The summed E-state index contributed by atoms with van der Waals surface area (Å²) in [6.45, 7) is 5.50. The van der Waals surface area contributed by atoms with Crippen LogP contribution in [0.4, 0.5) is 0 Å². The second-order valence-electron chi connectivity index (χ2n) is 4.88. The summed E-state index contributed by atoms with van der Waals surface area (Å²) < 4.78 is 28.0. The summed E-state index contributed by atoms with van der Waals surface area (Å²) in [5, 5.41) is 0. The summed E-state index contributed by atoms with van der Waals surface area (Å²) in [4.78, 5) is 12.5. The van der Waals surface area contributed by atoms with Gasteiger partial charge in [0.15, 0.2) is 5.78 Å². The Morgan fingerprint density at radius 1 is 1.35 bits per heavy atom. The molecule has 0 aliphatic rings. The van der Waals surface area contributed by atoms with Gasteiger partial charge in [0, 0.05) is 23.5 Å². The normalized spacial score (nSPS) is 11.6. The average molecular weight is 414 g/mol. The molecular formula is C16H16BrNO3S2. The van der Waals surface area contributed by atoms with Gasteiger partial charge in [-0.15, -0.1) is 17.9 Å². The van der Waals surface area contributed by atoms with Gasteiger partial charge >= 0.3 is 0 Å². The quantitative estimate of drug-likeness (QED) is 0.507. The van der Waals surface area contributed by atoms with Gasteiger partial charge in [0.1, 0.15) is 0 Å². The lowest BCUT2D eigenvalue weighted by Crippen LogP contribution is -2.30. The highest BCUT2D eigenvalue weighted by Gasteiger charge is 2.24. The van der Waals surface area contributed by atoms with Crippen LogP contribution in [-0.4, -0.2) is 25.1 Å². The molecule has 0 fully saturated rings. The smallest absolute Gasteiger partial charge is 0.243 e. The molecule has 0 saturated heterocycles. The van der Waals surface area contributed by atoms with Crippen molar-refractivity contribution in [1.82, 2.24) is 4.31 Å². The highest BCUT2D eigenvalue weighted by molar-refractivity contribution is 9.11. The first-order chi connectivity index (χ1) is 10.8. The van der Waals surface area contributed by atoms with Crippen molar-refractivity contribution in [1.29, 1.82) is 0 Å². The van der Waals surface area contributed by atoms with E-state index < -0.39 is 10.0 Å². The number of sulfonamides is 1. The molecule has 2 aromatic rings. The molecule has 0 aliphatic heterocycles. The molecule has 0 radical (unpaired) electrons. The number of halogens is 1. The van der Waals surface area contributed by atoms with E-state index in [1.165, 1.54) is 34.7 Å². The summed E-state index contributed by atoms with van der Waals surface area (Å²) >= 11 is 4.86. The fourth-order valence-corrected chi connectivity index (χ4v) is 5.04. The molecule has 23 heavy (non-hydrogen) atoms. The summed E-state index contributed by atoms with van der Waals surface area (Å²) in [7, 11) is -3.71. The molecule has 0 unspecified atom stereocenters. The molecule has 0 bridgehead atoms. The summed E-state index contributed by atoms with van der Waals surface area (Å²) in [6, 6.07) is 9.87. The number of benzene rings is 1. The standard InChI is InChI=1S/C16H16BrNO3S2/c1-3-9-18(11-14-7-8-16(17)22-14)23(20,21)15-6-4-5-13(10-15)12(2)19/h3-8,10H,1,9,11H2,2H3. The summed E-state index contributed by atoms with van der Waals surface area (Å²) in [5.74, 6) is -0.167. The van der Waals surface area contributed by atoms with Crippen molar-refractivity contribution in [2.75, 3.05) is 6.54 Å². The summed E-state index contributed by atoms with van der Waals surface area (Å²) in [5.41, 5.74) is 0.378. The lowest BCUT2D eigenvalue weighted by molar-refractivity contribution is 0.101. The van der Waals surface area contributed by atoms with Gasteiger partial charge < -0.3 is 0 Å². The van der Waals surface area contributed by atoms with Gasteiger partial charge in [-0.1, -0.05) is 18.2 Å². The molecule has 122 valence electrons. The Bertz CT molecular complexity index is 827. The van der Waals surface area contributed by atoms with Crippen LogP contribution in [0.1, 0.15) is 22.2 Å². The minimum Gasteiger partial charge on any atom is -0.295 e. The Labute approximate surface area is 148 Å². The van der Waals surface area contributed by atoms with E-state index in [1.54, 1.807) is 18.2 Å². The van der Waals surface area contributed by atoms with Crippen LogP contribution in [0.3, 0.4) is 0 Å². The fourth-order valence-electron chi connectivity index (χ4n) is 2.03. The molecule has 2 rings (SSSR count). The van der Waals surface area contributed by atoms with Crippen molar-refractivity contribution in [3.8, 4) is 0 Å². The predicted octanol–water partition coefficient (Wildman–Crippen LogP) is 4.09. The van der Waals surface area contributed by atoms with Crippen LogP contribution < -0.4 is 0 Å². The van der Waals surface area contributed by atoms with Gasteiger partial charge in [-0.3, -0.25) is 4.79 Å². The van der Waals surface area contributed by atoms with Crippen molar-refractivity contribution in [3.05, 3.63) is 63.3 Å². The number of thiophene rings is 1. The van der Waals surface area contributed by atoms with E-state index in [2.05, 4.69) is 22.5 Å². The maximum absolute atomic E-state index is 12.9. The van der Waals surface area contributed by atoms with Gasteiger partial charge in [-0.2, -0.15) is 4.31 Å². The first-order valence-corrected chi connectivity index (χ1v) is 9.86. The van der Waals surface area contributed by atoms with Crippen LogP contribution in [0.25, 0.3) is 0 Å². The maximum atomic E-state index is 12.9. The van der Waals surface area contributed by atoms with E-state index >= 15 is 0 Å². The second kappa shape index (κ2) is 7.53. The molecular weight excluding hydrogens is 398 g/mol. The lowest BCUT2D eigenvalue weighted by Gasteiger charge is -2.20. The third-order valence-electron chi connectivity index (χ3n) is 3.17. The van der Waals surface area contributed by atoms with E-state index in [9.17, 15) is 13.2 Å². The van der Waals surface area contributed by atoms with Crippen molar-refractivity contribution >= 4 is 43.1 Å². The van der Waals surface area contributed by atoms with Crippen LogP contribution in [0.5, 0.6) is 0 Å². The molecule has 1 aromatic heterocycles. The first kappa shape index (κ1) is 18.1. The number of Topliss-reactive ketones (excluding diaryl/α,β-unsaturated/α-hetero) is 1. The predicted molar refractivity (Wildman–Crippen MR) is 96.3 cm³/mol. The number of hydrogen-bond donors (Lipinski definition) is 0. The minimum atomic E-state index is -3.71. The van der Waals surface area contributed by atoms with E-state index in [0.29, 0.717) is 5.56 Å². The maximum Gasteiger partial charge on any atom is 0.243 e. The van der Waals surface area contributed by atoms with E-state index in [-0.39, 0.29) is 23.8 Å². The highest BCUT2D eigenvalue weighted by Crippen LogP contribution is 2.26. The van der Waals surface area contributed by atoms with Gasteiger partial charge in [-0.25, -0.2) is 8.42 Å². The van der Waals surface area contributed by atoms with Crippen LogP contribution in [0.2, 0.25) is 0 Å².